The van der Waals surface area contributed by atoms with Gasteiger partial charge in [-0.05, 0) is 12.1 Å². The Morgan fingerprint density at radius 3 is 1.92 bits per heavy atom. The molecule has 0 bridgehead atoms. The zero-order chi connectivity index (χ0) is 9.40. The van der Waals surface area contributed by atoms with Crippen molar-refractivity contribution >= 4 is 6.16 Å². The molecule has 2 N–H and O–H groups in total. The van der Waals surface area contributed by atoms with E-state index in [-0.39, 0.29) is 0 Å². The van der Waals surface area contributed by atoms with Crippen molar-refractivity contribution in [1.82, 2.24) is 0 Å². The van der Waals surface area contributed by atoms with Crippen molar-refractivity contribution < 1.29 is 15.0 Å². The van der Waals surface area contributed by atoms with Crippen LogP contribution in [0.2, 0.25) is 0 Å². The Kier molecular flexibility index (Phi) is 4.77. The Morgan fingerprint density at radius 2 is 1.67 bits per heavy atom. The van der Waals surface area contributed by atoms with Crippen molar-refractivity contribution in [3.63, 3.8) is 0 Å². The van der Waals surface area contributed by atoms with Crippen molar-refractivity contribution in [2.75, 3.05) is 0 Å². The van der Waals surface area contributed by atoms with Gasteiger partial charge in [-0.25, -0.2) is 4.79 Å². The topological polar surface area (TPSA) is 81.3 Å². The van der Waals surface area contributed by atoms with E-state index in [0.29, 0.717) is 5.56 Å². The highest BCUT2D eigenvalue weighted by atomic mass is 16.6. The van der Waals surface area contributed by atoms with Crippen LogP contribution >= 0.6 is 0 Å². The third kappa shape index (κ3) is 6.11. The van der Waals surface area contributed by atoms with E-state index in [4.69, 9.17) is 20.3 Å². The molecule has 0 amide bonds. The predicted octanol–water partition coefficient (Wildman–Crippen LogP) is 1.78. The normalized spacial score (nSPS) is 7.25. The van der Waals surface area contributed by atoms with Crippen molar-refractivity contribution in [3.8, 4) is 6.07 Å². The Bertz CT molecular complexity index is 272. The summed E-state index contributed by atoms with van der Waals surface area (Å²) in [5.41, 5.74) is 0.715. The Morgan fingerprint density at radius 1 is 1.25 bits per heavy atom. The van der Waals surface area contributed by atoms with Gasteiger partial charge in [-0.3, -0.25) is 0 Å². The average molecular weight is 165 g/mol. The van der Waals surface area contributed by atoms with Gasteiger partial charge in [0.2, 0.25) is 0 Å². The number of carboxylic acid groups (broad SMARTS) is 2. The van der Waals surface area contributed by atoms with Crippen LogP contribution in [0.4, 0.5) is 4.79 Å². The Labute approximate surface area is 69.3 Å². The molecule has 0 aromatic heterocycles. The summed E-state index contributed by atoms with van der Waals surface area (Å²) in [6, 6.07) is 11.2. The minimum atomic E-state index is -1.83. The first kappa shape index (κ1) is 9.98. The van der Waals surface area contributed by atoms with Crippen molar-refractivity contribution in [2.45, 2.75) is 0 Å². The van der Waals surface area contributed by atoms with E-state index >= 15 is 0 Å². The SMILES string of the molecule is N#Cc1ccccc1.O=C(O)O. The smallest absolute Gasteiger partial charge is 0.450 e. The fourth-order valence-corrected chi connectivity index (χ4v) is 0.513. The quantitative estimate of drug-likeness (QED) is 0.613. The molecule has 0 aliphatic carbocycles. The van der Waals surface area contributed by atoms with Gasteiger partial charge in [0, 0.05) is 0 Å². The molecule has 1 aromatic carbocycles. The van der Waals surface area contributed by atoms with E-state index in [1.54, 1.807) is 12.1 Å². The molecule has 4 nitrogen and oxygen atoms in total. The summed E-state index contributed by atoms with van der Waals surface area (Å²) in [5.74, 6) is 0. The number of nitriles is 1. The summed E-state index contributed by atoms with van der Waals surface area (Å²) >= 11 is 0. The second-order valence-corrected chi connectivity index (χ2v) is 1.76. The van der Waals surface area contributed by atoms with Gasteiger partial charge in [-0.1, -0.05) is 18.2 Å². The summed E-state index contributed by atoms with van der Waals surface area (Å²) in [6.45, 7) is 0. The second-order valence-electron chi connectivity index (χ2n) is 1.76. The molecule has 0 saturated heterocycles. The number of benzene rings is 1. The van der Waals surface area contributed by atoms with Gasteiger partial charge in [0.1, 0.15) is 0 Å². The number of rotatable bonds is 0. The fraction of sp³-hybridized carbons (Fsp3) is 0. The van der Waals surface area contributed by atoms with E-state index in [1.807, 2.05) is 24.3 Å². The van der Waals surface area contributed by atoms with E-state index in [1.165, 1.54) is 0 Å². The standard InChI is InChI=1S/C7H5N.CH2O3/c8-6-7-4-2-1-3-5-7;2-1(3)4/h1-5H;(H2,2,3,4). The lowest BCUT2D eigenvalue weighted by Crippen LogP contribution is -1.81. The fourth-order valence-electron chi connectivity index (χ4n) is 0.513. The van der Waals surface area contributed by atoms with Crippen molar-refractivity contribution in [3.05, 3.63) is 35.9 Å². The molecule has 4 heteroatoms. The zero-order valence-electron chi connectivity index (χ0n) is 6.14. The molecule has 0 fully saturated rings. The molecule has 0 spiro atoms. The summed E-state index contributed by atoms with van der Waals surface area (Å²) in [4.78, 5) is 8.56. The summed E-state index contributed by atoms with van der Waals surface area (Å²) in [5, 5.41) is 22.2. The van der Waals surface area contributed by atoms with Crippen LogP contribution in [0, 0.1) is 11.3 Å². The highest BCUT2D eigenvalue weighted by Crippen LogP contribution is 1.92. The Balaban J connectivity index is 0.000000261. The molecule has 0 aliphatic heterocycles. The molecule has 0 radical (unpaired) electrons. The van der Waals surface area contributed by atoms with Gasteiger partial charge >= 0.3 is 6.16 Å². The van der Waals surface area contributed by atoms with Gasteiger partial charge in [0.15, 0.2) is 0 Å². The molecule has 0 atom stereocenters. The molecule has 0 aliphatic rings. The molecule has 62 valence electrons. The summed E-state index contributed by atoms with van der Waals surface area (Å²) < 4.78 is 0. The van der Waals surface area contributed by atoms with Gasteiger partial charge < -0.3 is 10.2 Å². The molecular formula is C8H7NO3. The average Bonchev–Trinajstić information content (AvgIpc) is 2.05. The number of hydrogen-bond donors (Lipinski definition) is 2. The van der Waals surface area contributed by atoms with Crippen molar-refractivity contribution in [1.29, 1.82) is 5.26 Å². The summed E-state index contributed by atoms with van der Waals surface area (Å²) in [6.07, 6.45) is -1.83. The number of nitrogens with zero attached hydrogens (tertiary/aromatic N) is 1. The highest BCUT2D eigenvalue weighted by molar-refractivity contribution is 5.53. The van der Waals surface area contributed by atoms with Gasteiger partial charge in [-0.2, -0.15) is 5.26 Å². The van der Waals surface area contributed by atoms with E-state index in [2.05, 4.69) is 0 Å². The molecular weight excluding hydrogens is 158 g/mol. The molecule has 12 heavy (non-hydrogen) atoms. The second kappa shape index (κ2) is 5.74. The predicted molar refractivity (Wildman–Crippen MR) is 41.8 cm³/mol. The molecule has 1 aromatic rings. The lowest BCUT2D eigenvalue weighted by molar-refractivity contribution is 0.137. The van der Waals surface area contributed by atoms with Crippen LogP contribution in [0.3, 0.4) is 0 Å². The van der Waals surface area contributed by atoms with Gasteiger partial charge in [0.25, 0.3) is 0 Å². The third-order valence-electron chi connectivity index (χ3n) is 0.903. The van der Waals surface area contributed by atoms with Crippen LogP contribution < -0.4 is 0 Å². The largest absolute Gasteiger partial charge is 0.503 e. The van der Waals surface area contributed by atoms with Crippen molar-refractivity contribution in [2.24, 2.45) is 0 Å². The lowest BCUT2D eigenvalue weighted by Gasteiger charge is -1.80. The maximum absolute atomic E-state index is 8.56. The maximum Gasteiger partial charge on any atom is 0.503 e. The maximum atomic E-state index is 8.56. The minimum Gasteiger partial charge on any atom is -0.450 e. The lowest BCUT2D eigenvalue weighted by atomic mass is 10.2. The number of hydrogen-bond acceptors (Lipinski definition) is 2. The van der Waals surface area contributed by atoms with E-state index < -0.39 is 6.16 Å². The zero-order valence-corrected chi connectivity index (χ0v) is 6.14. The van der Waals surface area contributed by atoms with Crippen LogP contribution in [-0.2, 0) is 0 Å². The molecule has 0 heterocycles. The Hall–Kier alpha value is -2.02. The number of carbonyl (C=O) groups is 1. The molecule has 0 saturated carbocycles. The monoisotopic (exact) mass is 165 g/mol. The first-order valence-corrected chi connectivity index (χ1v) is 3.04. The van der Waals surface area contributed by atoms with Crippen LogP contribution in [0.5, 0.6) is 0 Å². The van der Waals surface area contributed by atoms with Crippen LogP contribution in [-0.4, -0.2) is 16.4 Å². The van der Waals surface area contributed by atoms with E-state index in [9.17, 15) is 0 Å². The van der Waals surface area contributed by atoms with E-state index in [0.717, 1.165) is 0 Å². The molecule has 1 rings (SSSR count). The van der Waals surface area contributed by atoms with Crippen LogP contribution in [0.15, 0.2) is 30.3 Å². The van der Waals surface area contributed by atoms with Crippen LogP contribution in [0.1, 0.15) is 5.56 Å². The highest BCUT2D eigenvalue weighted by Gasteiger charge is 1.79. The first-order valence-electron chi connectivity index (χ1n) is 3.04. The van der Waals surface area contributed by atoms with Crippen LogP contribution in [0.25, 0.3) is 0 Å². The third-order valence-corrected chi connectivity index (χ3v) is 0.903. The first-order chi connectivity index (χ1) is 5.66. The molecule has 0 unspecified atom stereocenters. The summed E-state index contributed by atoms with van der Waals surface area (Å²) in [7, 11) is 0. The van der Waals surface area contributed by atoms with Gasteiger partial charge in [-0.15, -0.1) is 0 Å². The van der Waals surface area contributed by atoms with Gasteiger partial charge in [0.05, 0.1) is 11.6 Å². The minimum absolute atomic E-state index is 0.715.